The Balaban J connectivity index is 0.000000140. The normalized spacial score (nSPS) is 13.1. The van der Waals surface area contributed by atoms with Crippen molar-refractivity contribution in [2.45, 2.75) is 38.5 Å². The zero-order valence-corrected chi connectivity index (χ0v) is 62.0. The first-order valence-corrected chi connectivity index (χ1v) is 38.7. The lowest BCUT2D eigenvalue weighted by atomic mass is 9.81. The third-order valence-corrected chi connectivity index (χ3v) is 24.5. The lowest BCUT2D eigenvalue weighted by Gasteiger charge is -2.21. The van der Waals surface area contributed by atoms with Crippen molar-refractivity contribution in [3.63, 3.8) is 0 Å². The predicted octanol–water partition coefficient (Wildman–Crippen LogP) is 30.5. The van der Waals surface area contributed by atoms with E-state index in [0.29, 0.717) is 0 Å². The Labute approximate surface area is 642 Å². The molecule has 0 N–H and O–H groups in total. The molecule has 0 saturated heterocycles. The minimum absolute atomic E-state index is 0.0391. The van der Waals surface area contributed by atoms with Gasteiger partial charge in [-0.1, -0.05) is 392 Å². The van der Waals surface area contributed by atoms with Crippen LogP contribution in [0.2, 0.25) is 0 Å². The standard InChI is InChI=1S/2C55H38/c1-55(2)50-31-30-39(34-49(50)54-44-19-6-4-14-37(44)29-32-51(54)55)35-25-27-38(28-26-35)52-45-20-7-9-22-47(45)53(48-23-10-8-21-46(48)52)41-17-11-16-40(33-41)43-24-12-15-36-13-3-5-18-42(36)43;1-55(2)50-31-30-40(34-49(50)54-43-17-6-5-14-37(43)29-32-51(54)55)36-23-26-38(27-24-36)52-45-19-9-11-21-47(45)53(48-22-12-10-20-46(48)52)44-18-8-7-16-42(44)41-28-25-35-13-3-4-15-39(35)33-41/h2*3-34H,1-2H3. The van der Waals surface area contributed by atoms with Crippen molar-refractivity contribution in [2.75, 3.05) is 0 Å². The molecule has 0 radical (unpaired) electrons. The van der Waals surface area contributed by atoms with E-state index in [0.717, 1.165) is 0 Å². The van der Waals surface area contributed by atoms with Gasteiger partial charge in [-0.05, 0) is 244 Å². The molecule has 20 aromatic rings. The molecule has 0 unspecified atom stereocenters. The zero-order chi connectivity index (χ0) is 73.3. The topological polar surface area (TPSA) is 0 Å². The molecule has 516 valence electrons. The molecule has 0 heteroatoms. The van der Waals surface area contributed by atoms with Gasteiger partial charge in [-0.25, -0.2) is 0 Å². The summed E-state index contributed by atoms with van der Waals surface area (Å²) in [5.41, 5.74) is 31.0. The fourth-order valence-corrected chi connectivity index (χ4v) is 19.2. The summed E-state index contributed by atoms with van der Waals surface area (Å²) in [6.45, 7) is 9.46. The van der Waals surface area contributed by atoms with Crippen LogP contribution in [0.5, 0.6) is 0 Å². The van der Waals surface area contributed by atoms with E-state index in [9.17, 15) is 0 Å². The second-order valence-electron chi connectivity index (χ2n) is 31.2. The summed E-state index contributed by atoms with van der Waals surface area (Å²) in [7, 11) is 0. The molecule has 110 heavy (non-hydrogen) atoms. The Bertz CT molecular complexity index is 7060. The quantitative estimate of drug-likeness (QED) is 0.133. The molecule has 20 aromatic carbocycles. The molecule has 0 nitrogen and oxygen atoms in total. The van der Waals surface area contributed by atoms with Gasteiger partial charge in [-0.3, -0.25) is 0 Å². The summed E-state index contributed by atoms with van der Waals surface area (Å²) in [6.07, 6.45) is 0. The third kappa shape index (κ3) is 10.3. The molecule has 2 aliphatic carbocycles. The Kier molecular flexibility index (Phi) is 15.1. The summed E-state index contributed by atoms with van der Waals surface area (Å²) in [5.74, 6) is 0. The van der Waals surface area contributed by atoms with Gasteiger partial charge >= 0.3 is 0 Å². The highest BCUT2D eigenvalue weighted by Gasteiger charge is 2.38. The lowest BCUT2D eigenvalue weighted by molar-refractivity contribution is 0.661. The summed E-state index contributed by atoms with van der Waals surface area (Å²) < 4.78 is 0. The van der Waals surface area contributed by atoms with Crippen molar-refractivity contribution in [1.82, 2.24) is 0 Å². The lowest BCUT2D eigenvalue weighted by Crippen LogP contribution is -2.14. The van der Waals surface area contributed by atoms with Crippen molar-refractivity contribution in [3.05, 3.63) is 411 Å². The Hall–Kier alpha value is -13.5. The molecule has 0 amide bonds. The second kappa shape index (κ2) is 25.6. The molecule has 0 fully saturated rings. The van der Waals surface area contributed by atoms with E-state index >= 15 is 0 Å². The molecule has 0 aliphatic heterocycles. The summed E-state index contributed by atoms with van der Waals surface area (Å²) in [6, 6.07) is 144. The van der Waals surface area contributed by atoms with E-state index in [1.807, 2.05) is 0 Å². The van der Waals surface area contributed by atoms with Gasteiger partial charge in [0.1, 0.15) is 0 Å². The van der Waals surface area contributed by atoms with Crippen molar-refractivity contribution in [1.29, 1.82) is 0 Å². The van der Waals surface area contributed by atoms with E-state index in [4.69, 9.17) is 0 Å². The van der Waals surface area contributed by atoms with Crippen LogP contribution >= 0.6 is 0 Å². The molecule has 22 rings (SSSR count). The van der Waals surface area contributed by atoms with Gasteiger partial charge in [0.2, 0.25) is 0 Å². The van der Waals surface area contributed by atoms with Gasteiger partial charge < -0.3 is 0 Å². The maximum absolute atomic E-state index is 2.43. The molecule has 0 spiro atoms. The molecule has 0 aromatic heterocycles. The average Bonchev–Trinajstić information content (AvgIpc) is 1.68. The van der Waals surface area contributed by atoms with E-state index < -0.39 is 0 Å². The van der Waals surface area contributed by atoms with Crippen LogP contribution in [-0.2, 0) is 10.8 Å². The van der Waals surface area contributed by atoms with Crippen LogP contribution in [0.3, 0.4) is 0 Å². The van der Waals surface area contributed by atoms with Crippen LogP contribution in [0.4, 0.5) is 0 Å². The SMILES string of the molecule is CC1(C)c2ccc(-c3ccc(-c4c5ccccc5c(-c5cccc(-c6cccc7ccccc67)c5)c5ccccc45)cc3)cc2-c2c1ccc1ccccc21.CC1(C)c2ccc(-c3ccc(-c4c5ccccc5c(-c5ccccc5-c5ccc6ccccc6c5)c5ccccc45)cc3)cc2-c2c1ccc1ccccc21. The number of fused-ring (bicyclic) bond motifs is 16. The third-order valence-electron chi connectivity index (χ3n) is 24.5. The van der Waals surface area contributed by atoms with Crippen LogP contribution in [0.25, 0.3) is 197 Å². The van der Waals surface area contributed by atoms with Crippen molar-refractivity contribution >= 4 is 86.2 Å². The van der Waals surface area contributed by atoms with Gasteiger partial charge in [0, 0.05) is 10.8 Å². The predicted molar refractivity (Wildman–Crippen MR) is 472 cm³/mol. The summed E-state index contributed by atoms with van der Waals surface area (Å²) >= 11 is 0. The van der Waals surface area contributed by atoms with E-state index in [2.05, 4.69) is 416 Å². The highest BCUT2D eigenvalue weighted by molar-refractivity contribution is 6.24. The monoisotopic (exact) mass is 1400 g/mol. The second-order valence-corrected chi connectivity index (χ2v) is 31.2. The van der Waals surface area contributed by atoms with Crippen molar-refractivity contribution < 1.29 is 0 Å². The molecular weight excluding hydrogens is 1320 g/mol. The summed E-state index contributed by atoms with van der Waals surface area (Å²) in [4.78, 5) is 0. The molecule has 0 bridgehead atoms. The Morgan fingerprint density at radius 3 is 0.918 bits per heavy atom. The number of rotatable bonds is 8. The van der Waals surface area contributed by atoms with Gasteiger partial charge in [-0.2, -0.15) is 0 Å². The molecule has 2 aliphatic rings. The van der Waals surface area contributed by atoms with Gasteiger partial charge in [0.25, 0.3) is 0 Å². The maximum Gasteiger partial charge on any atom is 0.0159 e. The first kappa shape index (κ1) is 64.8. The Morgan fingerprint density at radius 1 is 0.136 bits per heavy atom. The minimum Gasteiger partial charge on any atom is -0.0616 e. The molecular formula is C110H76. The fourth-order valence-electron chi connectivity index (χ4n) is 19.2. The van der Waals surface area contributed by atoms with E-state index in [1.54, 1.807) is 0 Å². The molecule has 0 heterocycles. The first-order valence-electron chi connectivity index (χ1n) is 38.7. The maximum atomic E-state index is 2.43. The van der Waals surface area contributed by atoms with Crippen LogP contribution < -0.4 is 0 Å². The van der Waals surface area contributed by atoms with Crippen LogP contribution in [-0.4, -0.2) is 0 Å². The highest BCUT2D eigenvalue weighted by Crippen LogP contribution is 2.55. The number of hydrogen-bond acceptors (Lipinski definition) is 0. The minimum atomic E-state index is -0.0403. The van der Waals surface area contributed by atoms with E-state index in [-0.39, 0.29) is 10.8 Å². The first-order chi connectivity index (χ1) is 54.1. The average molecular weight is 1400 g/mol. The Morgan fingerprint density at radius 2 is 0.436 bits per heavy atom. The highest BCUT2D eigenvalue weighted by atomic mass is 14.4. The number of benzene rings is 20. The smallest absolute Gasteiger partial charge is 0.0159 e. The summed E-state index contributed by atoms with van der Waals surface area (Å²) in [5, 5.41) is 20.4. The zero-order valence-electron chi connectivity index (χ0n) is 62.0. The molecule has 0 atom stereocenters. The van der Waals surface area contributed by atoms with Gasteiger partial charge in [0.05, 0.1) is 0 Å². The van der Waals surface area contributed by atoms with Crippen LogP contribution in [0.15, 0.2) is 388 Å². The van der Waals surface area contributed by atoms with Crippen molar-refractivity contribution in [3.8, 4) is 111 Å². The van der Waals surface area contributed by atoms with Gasteiger partial charge in [0.15, 0.2) is 0 Å². The van der Waals surface area contributed by atoms with E-state index in [1.165, 1.54) is 220 Å². The molecule has 0 saturated carbocycles. The van der Waals surface area contributed by atoms with Crippen LogP contribution in [0, 0.1) is 0 Å². The van der Waals surface area contributed by atoms with Gasteiger partial charge in [-0.15, -0.1) is 0 Å². The van der Waals surface area contributed by atoms with Crippen molar-refractivity contribution in [2.24, 2.45) is 0 Å². The van der Waals surface area contributed by atoms with Crippen LogP contribution in [0.1, 0.15) is 49.9 Å². The number of hydrogen-bond donors (Lipinski definition) is 0. The fraction of sp³-hybridized carbons (Fsp3) is 0.0545. The largest absolute Gasteiger partial charge is 0.0616 e.